The van der Waals surface area contributed by atoms with Gasteiger partial charge in [-0.15, -0.1) is 0 Å². The SMILES string of the molecule is CC(Nc1nccc(-n2cnc3cc(-c4cccnn4)ccc32)n1)C1CCCN(C(=O)Nc2ccccc2)C1. The summed E-state index contributed by atoms with van der Waals surface area (Å²) < 4.78 is 1.95. The number of carbonyl (C=O) groups is 1. The third-order valence-corrected chi connectivity index (χ3v) is 7.14. The van der Waals surface area contributed by atoms with Crippen molar-refractivity contribution in [2.24, 2.45) is 5.92 Å². The lowest BCUT2D eigenvalue weighted by Crippen LogP contribution is -2.46. The molecule has 0 aliphatic carbocycles. The van der Waals surface area contributed by atoms with Crippen LogP contribution in [-0.4, -0.2) is 59.8 Å². The van der Waals surface area contributed by atoms with Crippen LogP contribution in [0, 0.1) is 5.92 Å². The molecule has 2 aromatic carbocycles. The molecule has 4 heterocycles. The van der Waals surface area contributed by atoms with Gasteiger partial charge in [-0.1, -0.05) is 24.3 Å². The molecule has 5 aromatic rings. The standard InChI is InChI=1S/C29H29N9O/c1-20(22-7-6-16-37(18-22)29(39)34-23-8-3-2-4-9-23)33-28-30-15-13-27(35-28)38-19-31-25-17-21(11-12-26(25)38)24-10-5-14-32-36-24/h2-5,8-15,17,19-20,22H,6-7,16,18H2,1H3,(H,34,39)(H,30,33,35). The number of nitrogens with zero attached hydrogens (tertiary/aromatic N) is 7. The van der Waals surface area contributed by atoms with Crippen LogP contribution in [0.1, 0.15) is 19.8 Å². The summed E-state index contributed by atoms with van der Waals surface area (Å²) in [5.41, 5.74) is 4.34. The minimum Gasteiger partial charge on any atom is -0.351 e. The third-order valence-electron chi connectivity index (χ3n) is 7.14. The Bertz CT molecular complexity index is 1570. The summed E-state index contributed by atoms with van der Waals surface area (Å²) in [6.07, 6.45) is 7.16. The summed E-state index contributed by atoms with van der Waals surface area (Å²) in [4.78, 5) is 28.6. The molecule has 1 fully saturated rings. The Balaban J connectivity index is 1.14. The molecule has 0 bridgehead atoms. The van der Waals surface area contributed by atoms with Gasteiger partial charge in [0.2, 0.25) is 5.95 Å². The number of rotatable bonds is 6. The Kier molecular flexibility index (Phi) is 6.82. The predicted molar refractivity (Wildman–Crippen MR) is 151 cm³/mol. The minimum atomic E-state index is -0.0641. The summed E-state index contributed by atoms with van der Waals surface area (Å²) in [5.74, 6) is 1.55. The van der Waals surface area contributed by atoms with Gasteiger partial charge in [-0.25, -0.2) is 14.8 Å². The topological polar surface area (TPSA) is 114 Å². The van der Waals surface area contributed by atoms with Gasteiger partial charge < -0.3 is 15.5 Å². The molecule has 1 aliphatic heterocycles. The number of aromatic nitrogens is 6. The number of hydrogen-bond acceptors (Lipinski definition) is 7. The normalized spacial score (nSPS) is 16.1. The maximum Gasteiger partial charge on any atom is 0.321 e. The number of carbonyl (C=O) groups excluding carboxylic acids is 1. The lowest BCUT2D eigenvalue weighted by molar-refractivity contribution is 0.172. The molecule has 0 radical (unpaired) electrons. The summed E-state index contributed by atoms with van der Waals surface area (Å²) in [7, 11) is 0. The smallest absolute Gasteiger partial charge is 0.321 e. The highest BCUT2D eigenvalue weighted by Crippen LogP contribution is 2.25. The van der Waals surface area contributed by atoms with Crippen LogP contribution in [0.15, 0.2) is 85.5 Å². The van der Waals surface area contributed by atoms with Crippen molar-refractivity contribution in [1.29, 1.82) is 0 Å². The Hall–Kier alpha value is -4.86. The highest BCUT2D eigenvalue weighted by molar-refractivity contribution is 5.89. The highest BCUT2D eigenvalue weighted by atomic mass is 16.2. The second-order valence-corrected chi connectivity index (χ2v) is 9.74. The molecular formula is C29H29N9O. The summed E-state index contributed by atoms with van der Waals surface area (Å²) >= 11 is 0. The molecule has 2 N–H and O–H groups in total. The largest absolute Gasteiger partial charge is 0.351 e. The van der Waals surface area contributed by atoms with Gasteiger partial charge in [-0.3, -0.25) is 4.57 Å². The molecule has 1 aliphatic rings. The third kappa shape index (κ3) is 5.40. The van der Waals surface area contributed by atoms with Gasteiger partial charge in [0.1, 0.15) is 12.1 Å². The fourth-order valence-electron chi connectivity index (χ4n) is 5.01. The van der Waals surface area contributed by atoms with Crippen molar-refractivity contribution in [3.8, 4) is 17.1 Å². The van der Waals surface area contributed by atoms with E-state index in [1.54, 1.807) is 18.7 Å². The molecule has 6 rings (SSSR count). The maximum atomic E-state index is 12.8. The molecule has 3 aromatic heterocycles. The fraction of sp³-hybridized carbons (Fsp3) is 0.241. The van der Waals surface area contributed by atoms with E-state index < -0.39 is 0 Å². The van der Waals surface area contributed by atoms with Crippen LogP contribution < -0.4 is 10.6 Å². The van der Waals surface area contributed by atoms with Crippen molar-refractivity contribution >= 4 is 28.7 Å². The molecule has 0 spiro atoms. The number of para-hydroxylation sites is 1. The summed E-state index contributed by atoms with van der Waals surface area (Å²) in [5, 5.41) is 14.6. The monoisotopic (exact) mass is 519 g/mol. The Morgan fingerprint density at radius 2 is 1.92 bits per heavy atom. The molecular weight excluding hydrogens is 490 g/mol. The average Bonchev–Trinajstić information content (AvgIpc) is 3.42. The first kappa shape index (κ1) is 24.5. The van der Waals surface area contributed by atoms with E-state index in [1.165, 1.54) is 0 Å². The molecule has 10 heteroatoms. The first-order valence-corrected chi connectivity index (χ1v) is 13.1. The first-order chi connectivity index (χ1) is 19.1. The molecule has 2 unspecified atom stereocenters. The van der Waals surface area contributed by atoms with E-state index in [2.05, 4.69) is 37.7 Å². The Morgan fingerprint density at radius 1 is 1.03 bits per heavy atom. The van der Waals surface area contributed by atoms with Gasteiger partial charge >= 0.3 is 6.03 Å². The van der Waals surface area contributed by atoms with Crippen molar-refractivity contribution in [3.05, 3.63) is 85.5 Å². The van der Waals surface area contributed by atoms with Gasteiger partial charge in [0.25, 0.3) is 0 Å². The van der Waals surface area contributed by atoms with Crippen LogP contribution in [0.5, 0.6) is 0 Å². The Labute approximate surface area is 226 Å². The van der Waals surface area contributed by atoms with E-state index in [4.69, 9.17) is 4.98 Å². The van der Waals surface area contributed by atoms with E-state index >= 15 is 0 Å². The van der Waals surface area contributed by atoms with Crippen molar-refractivity contribution in [2.45, 2.75) is 25.8 Å². The number of benzene rings is 2. The number of urea groups is 1. The van der Waals surface area contributed by atoms with Crippen molar-refractivity contribution < 1.29 is 4.79 Å². The van der Waals surface area contributed by atoms with Crippen LogP contribution in [0.3, 0.4) is 0 Å². The average molecular weight is 520 g/mol. The number of piperidine rings is 1. The van der Waals surface area contributed by atoms with Crippen molar-refractivity contribution in [2.75, 3.05) is 23.7 Å². The van der Waals surface area contributed by atoms with Gasteiger partial charge in [0, 0.05) is 42.8 Å². The molecule has 2 amide bonds. The highest BCUT2D eigenvalue weighted by Gasteiger charge is 2.28. The molecule has 39 heavy (non-hydrogen) atoms. The fourth-order valence-corrected chi connectivity index (χ4v) is 5.01. The number of nitrogens with one attached hydrogen (secondary N) is 2. The van der Waals surface area contributed by atoms with Crippen LogP contribution in [-0.2, 0) is 0 Å². The van der Waals surface area contributed by atoms with E-state index in [0.29, 0.717) is 12.5 Å². The zero-order valence-electron chi connectivity index (χ0n) is 21.6. The number of likely N-dealkylation sites (tertiary alicyclic amines) is 1. The number of anilines is 2. The second kappa shape index (κ2) is 10.9. The maximum absolute atomic E-state index is 12.8. The number of amides is 2. The molecule has 2 atom stereocenters. The number of hydrogen-bond donors (Lipinski definition) is 2. The Morgan fingerprint density at radius 3 is 2.77 bits per heavy atom. The van der Waals surface area contributed by atoms with Gasteiger partial charge in [0.15, 0.2) is 0 Å². The van der Waals surface area contributed by atoms with E-state index in [9.17, 15) is 4.79 Å². The van der Waals surface area contributed by atoms with Crippen molar-refractivity contribution in [1.82, 2.24) is 34.6 Å². The van der Waals surface area contributed by atoms with Gasteiger partial charge in [-0.2, -0.15) is 15.2 Å². The second-order valence-electron chi connectivity index (χ2n) is 9.74. The van der Waals surface area contributed by atoms with E-state index in [1.807, 2.05) is 76.2 Å². The predicted octanol–water partition coefficient (Wildman–Crippen LogP) is 5.02. The van der Waals surface area contributed by atoms with Crippen LogP contribution >= 0.6 is 0 Å². The molecule has 10 nitrogen and oxygen atoms in total. The van der Waals surface area contributed by atoms with E-state index in [0.717, 1.165) is 53.2 Å². The summed E-state index contributed by atoms with van der Waals surface area (Å²) in [6, 6.07) is 21.3. The van der Waals surface area contributed by atoms with Crippen LogP contribution in [0.4, 0.5) is 16.4 Å². The number of imidazole rings is 1. The molecule has 1 saturated heterocycles. The lowest BCUT2D eigenvalue weighted by Gasteiger charge is -2.36. The van der Waals surface area contributed by atoms with Crippen LogP contribution in [0.25, 0.3) is 28.1 Å². The van der Waals surface area contributed by atoms with E-state index in [-0.39, 0.29) is 18.0 Å². The summed E-state index contributed by atoms with van der Waals surface area (Å²) in [6.45, 7) is 3.55. The number of fused-ring (bicyclic) bond motifs is 1. The minimum absolute atomic E-state index is 0.0641. The molecule has 196 valence electrons. The van der Waals surface area contributed by atoms with Crippen molar-refractivity contribution in [3.63, 3.8) is 0 Å². The quantitative estimate of drug-likeness (QED) is 0.324. The molecule has 0 saturated carbocycles. The zero-order valence-corrected chi connectivity index (χ0v) is 21.6. The lowest BCUT2D eigenvalue weighted by atomic mass is 9.92. The van der Waals surface area contributed by atoms with Crippen LogP contribution in [0.2, 0.25) is 0 Å². The zero-order chi connectivity index (χ0) is 26.6. The first-order valence-electron chi connectivity index (χ1n) is 13.1. The van der Waals surface area contributed by atoms with Gasteiger partial charge in [-0.05, 0) is 68.1 Å². The van der Waals surface area contributed by atoms with Gasteiger partial charge in [0.05, 0.1) is 16.7 Å².